The molecule has 1 amide bonds. The van der Waals surface area contributed by atoms with Crippen molar-refractivity contribution in [1.82, 2.24) is 10.2 Å². The van der Waals surface area contributed by atoms with Crippen LogP contribution in [0.3, 0.4) is 0 Å². The van der Waals surface area contributed by atoms with Crippen LogP contribution in [0.4, 0.5) is 4.39 Å². The van der Waals surface area contributed by atoms with Gasteiger partial charge in [0.05, 0.1) is 6.61 Å². The van der Waals surface area contributed by atoms with Gasteiger partial charge in [0.2, 0.25) is 5.91 Å². The van der Waals surface area contributed by atoms with Crippen molar-refractivity contribution in [1.29, 1.82) is 0 Å². The van der Waals surface area contributed by atoms with E-state index in [2.05, 4.69) is 5.32 Å². The Bertz CT molecular complexity index is 487. The fourth-order valence-electron chi connectivity index (χ4n) is 1.99. The molecule has 0 spiro atoms. The van der Waals surface area contributed by atoms with Crippen molar-refractivity contribution < 1.29 is 13.9 Å². The fraction of sp³-hybridized carbons (Fsp3) is 0.562. The highest BCUT2D eigenvalue weighted by molar-refractivity contribution is 5.75. The molecule has 0 aromatic heterocycles. The van der Waals surface area contributed by atoms with Gasteiger partial charge in [0.25, 0.3) is 0 Å². The highest BCUT2D eigenvalue weighted by atomic mass is 19.1. The number of nitrogens with zero attached hydrogens (tertiary/aromatic N) is 1. The Hall–Kier alpha value is -1.62. The summed E-state index contributed by atoms with van der Waals surface area (Å²) >= 11 is 0. The average Bonchev–Trinajstić information content (AvgIpc) is 3.24. The molecule has 0 unspecified atom stereocenters. The number of hydrogen-bond acceptors (Lipinski definition) is 3. The first-order valence-corrected chi connectivity index (χ1v) is 7.40. The van der Waals surface area contributed by atoms with Crippen LogP contribution in [-0.4, -0.2) is 37.6 Å². The van der Waals surface area contributed by atoms with Gasteiger partial charge < -0.3 is 15.0 Å². The summed E-state index contributed by atoms with van der Waals surface area (Å²) in [7, 11) is 3.46. The average molecular weight is 294 g/mol. The normalized spacial score (nSPS) is 14.0. The summed E-state index contributed by atoms with van der Waals surface area (Å²) in [5.74, 6) is 0.316. The predicted molar refractivity (Wildman–Crippen MR) is 79.7 cm³/mol. The second kappa shape index (κ2) is 7.41. The number of carbonyl (C=O) groups excluding carboxylic acids is 1. The third kappa shape index (κ3) is 5.71. The summed E-state index contributed by atoms with van der Waals surface area (Å²) in [5.41, 5.74) is 0.890. The standard InChI is InChI=1S/C16H23FN2O2/c1-19(2)16(20)4-3-7-21-15-9-12(8-13(17)10-15)11-18-14-5-6-14/h8-10,14,18H,3-7,11H2,1-2H3. The van der Waals surface area contributed by atoms with Gasteiger partial charge in [-0.2, -0.15) is 0 Å². The number of rotatable bonds is 8. The van der Waals surface area contributed by atoms with Crippen LogP contribution in [0.2, 0.25) is 0 Å². The lowest BCUT2D eigenvalue weighted by Gasteiger charge is -2.11. The van der Waals surface area contributed by atoms with Gasteiger partial charge in [-0.25, -0.2) is 4.39 Å². The fourth-order valence-corrected chi connectivity index (χ4v) is 1.99. The summed E-state index contributed by atoms with van der Waals surface area (Å²) < 4.78 is 19.1. The lowest BCUT2D eigenvalue weighted by molar-refractivity contribution is -0.128. The zero-order valence-corrected chi connectivity index (χ0v) is 12.7. The van der Waals surface area contributed by atoms with Crippen LogP contribution >= 0.6 is 0 Å². The molecular weight excluding hydrogens is 271 g/mol. The van der Waals surface area contributed by atoms with Gasteiger partial charge >= 0.3 is 0 Å². The number of amides is 1. The van der Waals surface area contributed by atoms with E-state index in [4.69, 9.17) is 4.74 Å². The van der Waals surface area contributed by atoms with E-state index in [0.717, 1.165) is 5.56 Å². The summed E-state index contributed by atoms with van der Waals surface area (Å²) in [6, 6.07) is 5.35. The topological polar surface area (TPSA) is 41.6 Å². The van der Waals surface area contributed by atoms with Crippen LogP contribution < -0.4 is 10.1 Å². The summed E-state index contributed by atoms with van der Waals surface area (Å²) in [6.45, 7) is 1.08. The molecule has 1 aromatic rings. The maximum Gasteiger partial charge on any atom is 0.222 e. The summed E-state index contributed by atoms with van der Waals surface area (Å²) in [6.07, 6.45) is 3.48. The Morgan fingerprint density at radius 1 is 1.38 bits per heavy atom. The Morgan fingerprint density at radius 2 is 2.14 bits per heavy atom. The quantitative estimate of drug-likeness (QED) is 0.748. The van der Waals surface area contributed by atoms with Crippen LogP contribution in [0.5, 0.6) is 5.75 Å². The molecule has 0 radical (unpaired) electrons. The van der Waals surface area contributed by atoms with Crippen molar-refractivity contribution in [3.8, 4) is 5.75 Å². The van der Waals surface area contributed by atoms with Crippen molar-refractivity contribution in [3.05, 3.63) is 29.6 Å². The minimum absolute atomic E-state index is 0.0761. The molecule has 1 aliphatic carbocycles. The SMILES string of the molecule is CN(C)C(=O)CCCOc1cc(F)cc(CNC2CC2)c1. The van der Waals surface area contributed by atoms with E-state index in [1.54, 1.807) is 19.0 Å². The lowest BCUT2D eigenvalue weighted by Crippen LogP contribution is -2.21. The van der Waals surface area contributed by atoms with Crippen molar-refractivity contribution in [2.45, 2.75) is 38.3 Å². The van der Waals surface area contributed by atoms with Crippen molar-refractivity contribution in [2.24, 2.45) is 0 Å². The van der Waals surface area contributed by atoms with Crippen LogP contribution in [-0.2, 0) is 11.3 Å². The Morgan fingerprint density at radius 3 is 2.81 bits per heavy atom. The molecule has 1 aromatic carbocycles. The maximum absolute atomic E-state index is 13.5. The molecule has 0 heterocycles. The van der Waals surface area contributed by atoms with E-state index >= 15 is 0 Å². The molecule has 0 aliphatic heterocycles. The smallest absolute Gasteiger partial charge is 0.222 e. The number of ether oxygens (including phenoxy) is 1. The van der Waals surface area contributed by atoms with Gasteiger partial charge in [0.1, 0.15) is 11.6 Å². The molecule has 1 N–H and O–H groups in total. The van der Waals surface area contributed by atoms with Gasteiger partial charge in [-0.1, -0.05) is 0 Å². The van der Waals surface area contributed by atoms with E-state index in [9.17, 15) is 9.18 Å². The Kier molecular flexibility index (Phi) is 5.56. The molecule has 4 nitrogen and oxygen atoms in total. The molecule has 5 heteroatoms. The van der Waals surface area contributed by atoms with Gasteiger partial charge in [-0.15, -0.1) is 0 Å². The molecule has 0 saturated heterocycles. The number of halogens is 1. The third-order valence-corrected chi connectivity index (χ3v) is 3.41. The first-order valence-electron chi connectivity index (χ1n) is 7.40. The molecule has 0 bridgehead atoms. The zero-order chi connectivity index (χ0) is 15.2. The van der Waals surface area contributed by atoms with E-state index in [1.165, 1.54) is 25.0 Å². The van der Waals surface area contributed by atoms with Crippen LogP contribution in [0.15, 0.2) is 18.2 Å². The van der Waals surface area contributed by atoms with Crippen LogP contribution in [0, 0.1) is 5.82 Å². The van der Waals surface area contributed by atoms with E-state index < -0.39 is 0 Å². The zero-order valence-electron chi connectivity index (χ0n) is 12.7. The highest BCUT2D eigenvalue weighted by Crippen LogP contribution is 2.21. The summed E-state index contributed by atoms with van der Waals surface area (Å²) in [4.78, 5) is 13.0. The predicted octanol–water partition coefficient (Wildman–Crippen LogP) is 2.32. The number of hydrogen-bond donors (Lipinski definition) is 1. The monoisotopic (exact) mass is 294 g/mol. The van der Waals surface area contributed by atoms with Gasteiger partial charge in [0, 0.05) is 39.2 Å². The minimum Gasteiger partial charge on any atom is -0.493 e. The van der Waals surface area contributed by atoms with Crippen molar-refractivity contribution >= 4 is 5.91 Å². The molecule has 1 fully saturated rings. The molecule has 0 atom stereocenters. The van der Waals surface area contributed by atoms with Gasteiger partial charge in [-0.3, -0.25) is 4.79 Å². The van der Waals surface area contributed by atoms with E-state index in [1.807, 2.05) is 6.07 Å². The van der Waals surface area contributed by atoms with Crippen LogP contribution in [0.1, 0.15) is 31.2 Å². The largest absolute Gasteiger partial charge is 0.493 e. The first kappa shape index (κ1) is 15.8. The van der Waals surface area contributed by atoms with Gasteiger partial charge in [0.15, 0.2) is 0 Å². The second-order valence-electron chi connectivity index (χ2n) is 5.69. The second-order valence-corrected chi connectivity index (χ2v) is 5.69. The Balaban J connectivity index is 1.77. The molecule has 116 valence electrons. The van der Waals surface area contributed by atoms with E-state index in [0.29, 0.717) is 37.8 Å². The van der Waals surface area contributed by atoms with Crippen molar-refractivity contribution in [2.75, 3.05) is 20.7 Å². The van der Waals surface area contributed by atoms with E-state index in [-0.39, 0.29) is 11.7 Å². The van der Waals surface area contributed by atoms with Gasteiger partial charge in [-0.05, 0) is 37.0 Å². The first-order chi connectivity index (χ1) is 10.0. The number of carbonyl (C=O) groups is 1. The number of nitrogens with one attached hydrogen (secondary N) is 1. The van der Waals surface area contributed by atoms with Crippen molar-refractivity contribution in [3.63, 3.8) is 0 Å². The molecule has 21 heavy (non-hydrogen) atoms. The number of benzene rings is 1. The molecule has 1 saturated carbocycles. The third-order valence-electron chi connectivity index (χ3n) is 3.41. The maximum atomic E-state index is 13.5. The molecule has 2 rings (SSSR count). The highest BCUT2D eigenvalue weighted by Gasteiger charge is 2.20. The Labute approximate surface area is 125 Å². The molecular formula is C16H23FN2O2. The molecule has 1 aliphatic rings. The summed E-state index contributed by atoms with van der Waals surface area (Å²) in [5, 5.41) is 3.35. The van der Waals surface area contributed by atoms with Crippen LogP contribution in [0.25, 0.3) is 0 Å². The minimum atomic E-state index is -0.288. The lowest BCUT2D eigenvalue weighted by atomic mass is 10.2.